The first-order valence-electron chi connectivity index (χ1n) is 8.11. The van der Waals surface area contributed by atoms with Gasteiger partial charge in [-0.2, -0.15) is 0 Å². The predicted octanol–water partition coefficient (Wildman–Crippen LogP) is 5.74. The van der Waals surface area contributed by atoms with Crippen LogP contribution in [-0.2, 0) is 0 Å². The fourth-order valence-corrected chi connectivity index (χ4v) is 3.67. The minimum absolute atomic E-state index is 0.386. The number of hydrogen-bond donors (Lipinski definition) is 0. The third-order valence-electron chi connectivity index (χ3n) is 3.93. The smallest absolute Gasteiger partial charge is 0.0161 e. The van der Waals surface area contributed by atoms with Gasteiger partial charge in [0.1, 0.15) is 0 Å². The van der Waals surface area contributed by atoms with Gasteiger partial charge in [-0.1, -0.05) is 48.0 Å². The highest BCUT2D eigenvalue weighted by molar-refractivity contribution is 4.98. The van der Waals surface area contributed by atoms with Gasteiger partial charge in [0.05, 0.1) is 0 Å². The number of hydrogen-bond acceptors (Lipinski definition) is 1. The second-order valence-corrected chi connectivity index (χ2v) is 6.05. The second-order valence-electron chi connectivity index (χ2n) is 6.05. The van der Waals surface area contributed by atoms with Crippen LogP contribution in [0.15, 0.2) is 0 Å². The number of nitrogens with zero attached hydrogens (tertiary/aromatic N) is 1. The summed E-state index contributed by atoms with van der Waals surface area (Å²) in [6.07, 6.45) is 4.06. The molecule has 0 spiro atoms. The summed E-state index contributed by atoms with van der Waals surface area (Å²) in [5.74, 6) is 0.919. The normalized spacial score (nSPS) is 22.3. The summed E-state index contributed by atoms with van der Waals surface area (Å²) in [5.41, 5.74) is 0.772. The summed E-state index contributed by atoms with van der Waals surface area (Å²) in [6.45, 7) is 23.4. The van der Waals surface area contributed by atoms with E-state index >= 15 is 0 Å². The zero-order valence-corrected chi connectivity index (χ0v) is 14.9. The fourth-order valence-electron chi connectivity index (χ4n) is 3.67. The molecule has 112 valence electrons. The molecule has 0 N–H and O–H groups in total. The average molecular weight is 258 g/mol. The summed E-state index contributed by atoms with van der Waals surface area (Å²) in [5, 5.41) is 0. The molecule has 1 rings (SSSR count). The maximum Gasteiger partial charge on any atom is 0.0161 e. The highest BCUT2D eigenvalue weighted by atomic mass is 15.3. The SMILES string of the molecule is CC.CC.CCC1CC(C)(C)N(CC)C(C)(C)C1. The summed E-state index contributed by atoms with van der Waals surface area (Å²) in [4.78, 5) is 2.67. The lowest BCUT2D eigenvalue weighted by atomic mass is 9.73. The molecule has 0 aromatic heterocycles. The Morgan fingerprint density at radius 1 is 0.833 bits per heavy atom. The quantitative estimate of drug-likeness (QED) is 0.610. The van der Waals surface area contributed by atoms with E-state index in [2.05, 4.69) is 46.4 Å². The van der Waals surface area contributed by atoms with Crippen LogP contribution in [0.1, 0.15) is 88.5 Å². The van der Waals surface area contributed by atoms with Crippen LogP contribution in [0.5, 0.6) is 0 Å². The lowest BCUT2D eigenvalue weighted by molar-refractivity contribution is -0.0478. The van der Waals surface area contributed by atoms with Crippen LogP contribution < -0.4 is 0 Å². The maximum absolute atomic E-state index is 2.67. The molecular weight excluding hydrogens is 218 g/mol. The van der Waals surface area contributed by atoms with E-state index in [0.29, 0.717) is 11.1 Å². The molecule has 0 atom stereocenters. The first kappa shape index (κ1) is 20.3. The standard InChI is InChI=1S/C13H27N.2C2H6/c1-7-11-9-12(3,4)14(8-2)13(5,6)10-11;2*1-2/h11H,7-10H2,1-6H3;2*1-2H3. The first-order valence-corrected chi connectivity index (χ1v) is 8.11. The molecule has 1 heterocycles. The van der Waals surface area contributed by atoms with Gasteiger partial charge in [-0.3, -0.25) is 4.90 Å². The molecule has 1 aliphatic heterocycles. The molecule has 0 radical (unpaired) electrons. The molecule has 1 fully saturated rings. The maximum atomic E-state index is 2.67. The lowest BCUT2D eigenvalue weighted by Gasteiger charge is -2.55. The van der Waals surface area contributed by atoms with E-state index in [1.54, 1.807) is 0 Å². The Morgan fingerprint density at radius 3 is 1.39 bits per heavy atom. The third kappa shape index (κ3) is 5.30. The van der Waals surface area contributed by atoms with Crippen molar-refractivity contribution in [1.82, 2.24) is 4.90 Å². The fraction of sp³-hybridized carbons (Fsp3) is 1.00. The average Bonchev–Trinajstić information content (AvgIpc) is 2.31. The van der Waals surface area contributed by atoms with Crippen molar-refractivity contribution < 1.29 is 0 Å². The highest BCUT2D eigenvalue weighted by Gasteiger charge is 2.43. The minimum atomic E-state index is 0.386. The molecule has 0 unspecified atom stereocenters. The van der Waals surface area contributed by atoms with Crippen LogP contribution in [0.3, 0.4) is 0 Å². The first-order chi connectivity index (χ1) is 8.33. The van der Waals surface area contributed by atoms with E-state index in [1.165, 1.54) is 25.8 Å². The summed E-state index contributed by atoms with van der Waals surface area (Å²) in [6, 6.07) is 0. The van der Waals surface area contributed by atoms with Gasteiger partial charge in [-0.15, -0.1) is 0 Å². The number of likely N-dealkylation sites (tertiary alicyclic amines) is 1. The van der Waals surface area contributed by atoms with E-state index < -0.39 is 0 Å². The van der Waals surface area contributed by atoms with Gasteiger partial charge in [0, 0.05) is 11.1 Å². The van der Waals surface area contributed by atoms with Crippen molar-refractivity contribution in [3.63, 3.8) is 0 Å². The molecule has 1 aliphatic rings. The zero-order chi connectivity index (χ0) is 15.0. The van der Waals surface area contributed by atoms with Gasteiger partial charge in [0.25, 0.3) is 0 Å². The molecule has 1 heteroatoms. The van der Waals surface area contributed by atoms with Crippen LogP contribution in [0, 0.1) is 5.92 Å². The summed E-state index contributed by atoms with van der Waals surface area (Å²) < 4.78 is 0. The van der Waals surface area contributed by atoms with Gasteiger partial charge in [0.2, 0.25) is 0 Å². The second kappa shape index (κ2) is 8.96. The molecule has 0 bridgehead atoms. The monoisotopic (exact) mass is 257 g/mol. The Balaban J connectivity index is 0. The van der Waals surface area contributed by atoms with Crippen LogP contribution >= 0.6 is 0 Å². The van der Waals surface area contributed by atoms with Gasteiger partial charge in [-0.05, 0) is 53.0 Å². The van der Waals surface area contributed by atoms with Crippen molar-refractivity contribution in [3.8, 4) is 0 Å². The largest absolute Gasteiger partial charge is 0.293 e. The van der Waals surface area contributed by atoms with Crippen LogP contribution in [-0.4, -0.2) is 22.5 Å². The van der Waals surface area contributed by atoms with Gasteiger partial charge < -0.3 is 0 Å². The molecule has 0 saturated carbocycles. The molecular formula is C17H39N. The molecule has 0 aromatic carbocycles. The molecule has 1 saturated heterocycles. The van der Waals surface area contributed by atoms with E-state index in [9.17, 15) is 0 Å². The third-order valence-corrected chi connectivity index (χ3v) is 3.93. The molecule has 0 aromatic rings. The van der Waals surface area contributed by atoms with Crippen molar-refractivity contribution in [2.24, 2.45) is 5.92 Å². The van der Waals surface area contributed by atoms with Crippen LogP contribution in [0.2, 0.25) is 0 Å². The molecule has 1 nitrogen and oxygen atoms in total. The van der Waals surface area contributed by atoms with E-state index in [0.717, 1.165) is 5.92 Å². The Morgan fingerprint density at radius 2 is 1.17 bits per heavy atom. The minimum Gasteiger partial charge on any atom is -0.293 e. The summed E-state index contributed by atoms with van der Waals surface area (Å²) >= 11 is 0. The lowest BCUT2D eigenvalue weighted by Crippen LogP contribution is -2.60. The topological polar surface area (TPSA) is 3.24 Å². The number of piperidine rings is 1. The highest BCUT2D eigenvalue weighted by Crippen LogP contribution is 2.41. The molecule has 0 aliphatic carbocycles. The van der Waals surface area contributed by atoms with E-state index in [4.69, 9.17) is 0 Å². The van der Waals surface area contributed by atoms with E-state index in [-0.39, 0.29) is 0 Å². The van der Waals surface area contributed by atoms with Crippen molar-refractivity contribution in [3.05, 3.63) is 0 Å². The van der Waals surface area contributed by atoms with Crippen LogP contribution in [0.4, 0.5) is 0 Å². The predicted molar refractivity (Wildman–Crippen MR) is 86.2 cm³/mol. The molecule has 0 amide bonds. The van der Waals surface area contributed by atoms with Crippen molar-refractivity contribution in [2.75, 3.05) is 6.54 Å². The zero-order valence-electron chi connectivity index (χ0n) is 14.9. The number of rotatable bonds is 2. The Hall–Kier alpha value is -0.0400. The van der Waals surface area contributed by atoms with Crippen LogP contribution in [0.25, 0.3) is 0 Å². The molecule has 18 heavy (non-hydrogen) atoms. The Bertz CT molecular complexity index is 176. The summed E-state index contributed by atoms with van der Waals surface area (Å²) in [7, 11) is 0. The van der Waals surface area contributed by atoms with Crippen molar-refractivity contribution in [2.45, 2.75) is 99.6 Å². The van der Waals surface area contributed by atoms with Crippen molar-refractivity contribution in [1.29, 1.82) is 0 Å². The Kier molecular flexibility index (Phi) is 10.1. The van der Waals surface area contributed by atoms with E-state index in [1.807, 2.05) is 27.7 Å². The van der Waals surface area contributed by atoms with Gasteiger partial charge in [-0.25, -0.2) is 0 Å². The Labute approximate surface area is 117 Å². The van der Waals surface area contributed by atoms with Gasteiger partial charge >= 0.3 is 0 Å². The van der Waals surface area contributed by atoms with Crippen molar-refractivity contribution >= 4 is 0 Å². The van der Waals surface area contributed by atoms with Gasteiger partial charge in [0.15, 0.2) is 0 Å².